The molecule has 3 N–H and O–H groups in total. The van der Waals surface area contributed by atoms with Crippen molar-refractivity contribution in [3.63, 3.8) is 0 Å². The third-order valence-corrected chi connectivity index (χ3v) is 4.84. The smallest absolute Gasteiger partial charge is 0.238 e. The van der Waals surface area contributed by atoms with Gasteiger partial charge in [0.15, 0.2) is 0 Å². The highest BCUT2D eigenvalue weighted by molar-refractivity contribution is 7.98. The van der Waals surface area contributed by atoms with E-state index in [1.54, 1.807) is 11.8 Å². The molecule has 1 aliphatic rings. The first kappa shape index (κ1) is 19.3. The number of benzene rings is 1. The summed E-state index contributed by atoms with van der Waals surface area (Å²) in [5, 5.41) is 2.98. The number of nitrogens with two attached hydrogens (primary N) is 1. The molecule has 2 rings (SSSR count). The van der Waals surface area contributed by atoms with Crippen molar-refractivity contribution >= 4 is 35.8 Å². The third kappa shape index (κ3) is 5.16. The maximum atomic E-state index is 12.2. The van der Waals surface area contributed by atoms with E-state index in [0.717, 1.165) is 30.1 Å². The molecule has 1 aliphatic heterocycles. The van der Waals surface area contributed by atoms with Crippen LogP contribution in [0.1, 0.15) is 20.3 Å². The highest BCUT2D eigenvalue weighted by atomic mass is 35.5. The minimum absolute atomic E-state index is 0. The summed E-state index contributed by atoms with van der Waals surface area (Å²) in [4.78, 5) is 15.5. The van der Waals surface area contributed by atoms with Crippen molar-refractivity contribution in [3.05, 3.63) is 24.3 Å². The zero-order chi connectivity index (χ0) is 15.5. The Hall–Kier alpha value is -0.750. The summed E-state index contributed by atoms with van der Waals surface area (Å²) < 4.78 is 0. The van der Waals surface area contributed by atoms with Gasteiger partial charge in [-0.25, -0.2) is 0 Å². The number of amides is 1. The van der Waals surface area contributed by atoms with Gasteiger partial charge in [-0.3, -0.25) is 9.69 Å². The molecule has 4 nitrogen and oxygen atoms in total. The van der Waals surface area contributed by atoms with Gasteiger partial charge in [-0.15, -0.1) is 24.2 Å². The fourth-order valence-corrected chi connectivity index (χ4v) is 3.18. The number of hydrogen-bond acceptors (Lipinski definition) is 4. The summed E-state index contributed by atoms with van der Waals surface area (Å²) in [5.74, 6) is 0.0412. The number of piperidine rings is 1. The van der Waals surface area contributed by atoms with Crippen molar-refractivity contribution in [2.45, 2.75) is 31.2 Å². The Kier molecular flexibility index (Phi) is 7.19. The number of hydrogen-bond donors (Lipinski definition) is 2. The van der Waals surface area contributed by atoms with E-state index in [9.17, 15) is 4.79 Å². The van der Waals surface area contributed by atoms with Crippen LogP contribution in [0.25, 0.3) is 0 Å². The predicted octanol–water partition coefficient (Wildman–Crippen LogP) is 2.83. The number of halogens is 1. The van der Waals surface area contributed by atoms with Crippen molar-refractivity contribution in [3.8, 4) is 0 Å². The quantitative estimate of drug-likeness (QED) is 0.825. The van der Waals surface area contributed by atoms with E-state index >= 15 is 0 Å². The molecule has 0 radical (unpaired) electrons. The van der Waals surface area contributed by atoms with Crippen LogP contribution in [0.15, 0.2) is 29.2 Å². The Balaban J connectivity index is 0.00000242. The average molecular weight is 344 g/mol. The van der Waals surface area contributed by atoms with Crippen molar-refractivity contribution < 1.29 is 4.79 Å². The number of nitrogens with zero attached hydrogens (tertiary/aromatic N) is 1. The molecule has 1 fully saturated rings. The van der Waals surface area contributed by atoms with E-state index in [2.05, 4.69) is 24.1 Å². The zero-order valence-corrected chi connectivity index (χ0v) is 15.1. The summed E-state index contributed by atoms with van der Waals surface area (Å²) in [6.45, 7) is 6.53. The topological polar surface area (TPSA) is 58.4 Å². The van der Waals surface area contributed by atoms with Gasteiger partial charge in [-0.2, -0.15) is 0 Å². The highest BCUT2D eigenvalue weighted by Gasteiger charge is 2.33. The van der Waals surface area contributed by atoms with Gasteiger partial charge in [0.25, 0.3) is 0 Å². The molecular formula is C16H26ClN3OS. The summed E-state index contributed by atoms with van der Waals surface area (Å²) in [6.07, 6.45) is 2.97. The van der Waals surface area contributed by atoms with Gasteiger partial charge in [-0.1, -0.05) is 19.9 Å². The minimum atomic E-state index is 0. The Morgan fingerprint density at radius 3 is 2.86 bits per heavy atom. The molecule has 0 aromatic heterocycles. The first-order valence-corrected chi connectivity index (χ1v) is 8.55. The molecule has 0 aliphatic carbocycles. The molecule has 1 unspecified atom stereocenters. The van der Waals surface area contributed by atoms with Crippen molar-refractivity contribution in [2.24, 2.45) is 11.1 Å². The molecule has 1 heterocycles. The van der Waals surface area contributed by atoms with E-state index in [1.165, 1.54) is 0 Å². The van der Waals surface area contributed by atoms with Crippen molar-refractivity contribution in [1.29, 1.82) is 0 Å². The standard InChI is InChI=1S/C16H25N3OS.ClH/c1-16(2)11-19(8-7-14(16)17)10-15(20)18-12-5-4-6-13(9-12)21-3;/h4-6,9,14H,7-8,10-11,17H2,1-3H3,(H,18,20);1H. The maximum Gasteiger partial charge on any atom is 0.238 e. The lowest BCUT2D eigenvalue weighted by molar-refractivity contribution is -0.118. The highest BCUT2D eigenvalue weighted by Crippen LogP contribution is 2.27. The number of thioether (sulfide) groups is 1. The summed E-state index contributed by atoms with van der Waals surface area (Å²) in [5.41, 5.74) is 7.06. The van der Waals surface area contributed by atoms with Crippen molar-refractivity contribution in [2.75, 3.05) is 31.2 Å². The molecule has 1 atom stereocenters. The zero-order valence-electron chi connectivity index (χ0n) is 13.5. The molecule has 1 saturated heterocycles. The van der Waals surface area contributed by atoms with Gasteiger partial charge >= 0.3 is 0 Å². The summed E-state index contributed by atoms with van der Waals surface area (Å²) in [7, 11) is 0. The molecule has 124 valence electrons. The first-order valence-electron chi connectivity index (χ1n) is 7.32. The van der Waals surface area contributed by atoms with Crippen molar-refractivity contribution in [1.82, 2.24) is 4.90 Å². The molecular weight excluding hydrogens is 318 g/mol. The van der Waals surface area contributed by atoms with Crippen LogP contribution in [0.5, 0.6) is 0 Å². The number of carbonyl (C=O) groups excluding carboxylic acids is 1. The van der Waals surface area contributed by atoms with E-state index in [1.807, 2.05) is 30.5 Å². The lowest BCUT2D eigenvalue weighted by Crippen LogP contribution is -2.53. The molecule has 0 bridgehead atoms. The van der Waals surface area contributed by atoms with Gasteiger partial charge in [-0.05, 0) is 36.3 Å². The summed E-state index contributed by atoms with van der Waals surface area (Å²) >= 11 is 1.67. The molecule has 0 saturated carbocycles. The Bertz CT molecular complexity index is 510. The fourth-order valence-electron chi connectivity index (χ4n) is 2.72. The fraction of sp³-hybridized carbons (Fsp3) is 0.562. The van der Waals surface area contributed by atoms with Gasteiger partial charge < -0.3 is 11.1 Å². The van der Waals surface area contributed by atoms with Crippen LogP contribution in [-0.4, -0.2) is 42.7 Å². The van der Waals surface area contributed by atoms with Gasteiger partial charge in [0, 0.05) is 29.7 Å². The normalized spacial score (nSPS) is 21.0. The van der Waals surface area contributed by atoms with Crippen LogP contribution < -0.4 is 11.1 Å². The molecule has 1 amide bonds. The average Bonchev–Trinajstić information content (AvgIpc) is 2.42. The first-order chi connectivity index (χ1) is 9.90. The second kappa shape index (κ2) is 8.20. The molecule has 6 heteroatoms. The number of likely N-dealkylation sites (tertiary alicyclic amines) is 1. The number of anilines is 1. The SMILES string of the molecule is CSc1cccc(NC(=O)CN2CCC(N)C(C)(C)C2)c1.Cl. The van der Waals surface area contributed by atoms with Crippen LogP contribution in [0.3, 0.4) is 0 Å². The van der Waals surface area contributed by atoms with Crippen LogP contribution in [-0.2, 0) is 4.79 Å². The monoisotopic (exact) mass is 343 g/mol. The summed E-state index contributed by atoms with van der Waals surface area (Å²) in [6, 6.07) is 8.14. The van der Waals surface area contributed by atoms with Gasteiger partial charge in [0.1, 0.15) is 0 Å². The number of carbonyl (C=O) groups is 1. The van der Waals surface area contributed by atoms with E-state index < -0.39 is 0 Å². The number of rotatable bonds is 4. The second-order valence-electron chi connectivity index (χ2n) is 6.37. The van der Waals surface area contributed by atoms with E-state index in [4.69, 9.17) is 5.73 Å². The van der Waals surface area contributed by atoms with Crippen LogP contribution in [0, 0.1) is 5.41 Å². The van der Waals surface area contributed by atoms with Crippen LogP contribution in [0.4, 0.5) is 5.69 Å². The molecule has 0 spiro atoms. The van der Waals surface area contributed by atoms with Crippen LogP contribution >= 0.6 is 24.2 Å². The Morgan fingerprint density at radius 1 is 1.50 bits per heavy atom. The largest absolute Gasteiger partial charge is 0.327 e. The predicted molar refractivity (Wildman–Crippen MR) is 96.9 cm³/mol. The molecule has 1 aromatic rings. The van der Waals surface area contributed by atoms with E-state index in [-0.39, 0.29) is 29.8 Å². The second-order valence-corrected chi connectivity index (χ2v) is 7.25. The number of nitrogens with one attached hydrogen (secondary N) is 1. The van der Waals surface area contributed by atoms with Gasteiger partial charge in [0.2, 0.25) is 5.91 Å². The lowest BCUT2D eigenvalue weighted by atomic mass is 9.80. The minimum Gasteiger partial charge on any atom is -0.327 e. The van der Waals surface area contributed by atoms with E-state index in [0.29, 0.717) is 6.54 Å². The van der Waals surface area contributed by atoms with Gasteiger partial charge in [0.05, 0.1) is 6.54 Å². The Labute approximate surface area is 143 Å². The van der Waals surface area contributed by atoms with Crippen LogP contribution in [0.2, 0.25) is 0 Å². The lowest BCUT2D eigenvalue weighted by Gasteiger charge is -2.42. The molecule has 1 aromatic carbocycles. The maximum absolute atomic E-state index is 12.2. The molecule has 22 heavy (non-hydrogen) atoms. The third-order valence-electron chi connectivity index (χ3n) is 4.11. The Morgan fingerprint density at radius 2 is 2.23 bits per heavy atom.